The number of morpholine rings is 1. The lowest BCUT2D eigenvalue weighted by Crippen LogP contribution is -2.46. The largest absolute Gasteiger partial charge is 0.374 e. The van der Waals surface area contributed by atoms with Crippen LogP contribution in [0.5, 0.6) is 0 Å². The third-order valence-corrected chi connectivity index (χ3v) is 3.24. The number of nitrogens with zero attached hydrogens (tertiary/aromatic N) is 2. The van der Waals surface area contributed by atoms with Gasteiger partial charge in [-0.25, -0.2) is 4.39 Å². The first-order valence-electron chi connectivity index (χ1n) is 6.37. The molecule has 0 spiro atoms. The average Bonchev–Trinajstić information content (AvgIpc) is 2.38. The molecule has 0 aliphatic carbocycles. The van der Waals surface area contributed by atoms with E-state index in [9.17, 15) is 9.18 Å². The molecule has 1 atom stereocenters. The molecule has 1 saturated heterocycles. The molecule has 1 aliphatic heterocycles. The number of carbonyl (C=O) groups excluding carboxylic acids is 1. The minimum absolute atomic E-state index is 0.0151. The fourth-order valence-electron chi connectivity index (χ4n) is 2.21. The van der Waals surface area contributed by atoms with Crippen molar-refractivity contribution in [2.24, 2.45) is 0 Å². The van der Waals surface area contributed by atoms with E-state index < -0.39 is 5.82 Å². The molecule has 1 fully saturated rings. The fraction of sp³-hybridized carbons (Fsp3) is 0.500. The molecular formula is C14H19FN2O2. The number of likely N-dealkylation sites (N-methyl/N-ethyl adjacent to an activating group) is 2. The summed E-state index contributed by atoms with van der Waals surface area (Å²) in [6, 6.07) is 5.75. The van der Waals surface area contributed by atoms with Gasteiger partial charge in [0.25, 0.3) is 5.91 Å². The van der Waals surface area contributed by atoms with Gasteiger partial charge in [-0.15, -0.1) is 0 Å². The highest BCUT2D eigenvalue weighted by atomic mass is 19.1. The lowest BCUT2D eigenvalue weighted by Gasteiger charge is -2.32. The summed E-state index contributed by atoms with van der Waals surface area (Å²) >= 11 is 0. The van der Waals surface area contributed by atoms with Crippen molar-refractivity contribution in [1.82, 2.24) is 9.80 Å². The van der Waals surface area contributed by atoms with Crippen molar-refractivity contribution in [2.45, 2.75) is 6.10 Å². The fourth-order valence-corrected chi connectivity index (χ4v) is 2.21. The molecule has 1 aliphatic rings. The number of hydrogen-bond donors (Lipinski definition) is 0. The van der Waals surface area contributed by atoms with Crippen molar-refractivity contribution in [3.8, 4) is 0 Å². The molecule has 19 heavy (non-hydrogen) atoms. The second kappa shape index (κ2) is 6.12. The van der Waals surface area contributed by atoms with Gasteiger partial charge in [-0.2, -0.15) is 0 Å². The van der Waals surface area contributed by atoms with Crippen LogP contribution in [-0.2, 0) is 4.74 Å². The standard InChI is InChI=1S/C14H19FN2O2/c1-16-6-7-19-13(9-16)10-17(2)14(18)11-4-3-5-12(15)8-11/h3-5,8,13H,6-7,9-10H2,1-2H3. The minimum Gasteiger partial charge on any atom is -0.374 e. The van der Waals surface area contributed by atoms with Crippen molar-refractivity contribution in [3.05, 3.63) is 35.6 Å². The monoisotopic (exact) mass is 266 g/mol. The maximum absolute atomic E-state index is 13.1. The topological polar surface area (TPSA) is 32.8 Å². The molecule has 0 aromatic heterocycles. The van der Waals surface area contributed by atoms with Gasteiger partial charge in [0.1, 0.15) is 5.82 Å². The van der Waals surface area contributed by atoms with E-state index in [2.05, 4.69) is 4.90 Å². The van der Waals surface area contributed by atoms with E-state index in [1.54, 1.807) is 24.1 Å². The van der Waals surface area contributed by atoms with Crippen LogP contribution in [0, 0.1) is 5.82 Å². The zero-order valence-corrected chi connectivity index (χ0v) is 11.3. The molecule has 1 aromatic rings. The van der Waals surface area contributed by atoms with Crippen LogP contribution < -0.4 is 0 Å². The zero-order chi connectivity index (χ0) is 13.8. The van der Waals surface area contributed by atoms with Gasteiger partial charge in [-0.1, -0.05) is 6.07 Å². The smallest absolute Gasteiger partial charge is 0.253 e. The molecular weight excluding hydrogens is 247 g/mol. The Morgan fingerprint density at radius 2 is 2.37 bits per heavy atom. The van der Waals surface area contributed by atoms with E-state index in [0.29, 0.717) is 18.7 Å². The molecule has 0 N–H and O–H groups in total. The second-order valence-electron chi connectivity index (χ2n) is 4.95. The Kier molecular flexibility index (Phi) is 4.50. The molecule has 0 radical (unpaired) electrons. The van der Waals surface area contributed by atoms with Crippen LogP contribution in [0.15, 0.2) is 24.3 Å². The van der Waals surface area contributed by atoms with E-state index >= 15 is 0 Å². The van der Waals surface area contributed by atoms with Crippen LogP contribution in [0.1, 0.15) is 10.4 Å². The summed E-state index contributed by atoms with van der Waals surface area (Å²) in [4.78, 5) is 15.9. The summed E-state index contributed by atoms with van der Waals surface area (Å²) < 4.78 is 18.7. The number of halogens is 1. The molecule has 104 valence electrons. The van der Waals surface area contributed by atoms with E-state index in [1.807, 2.05) is 7.05 Å². The zero-order valence-electron chi connectivity index (χ0n) is 11.3. The van der Waals surface area contributed by atoms with Crippen molar-refractivity contribution in [3.63, 3.8) is 0 Å². The molecule has 1 heterocycles. The molecule has 0 bridgehead atoms. The number of hydrogen-bond acceptors (Lipinski definition) is 3. The molecule has 5 heteroatoms. The maximum atomic E-state index is 13.1. The van der Waals surface area contributed by atoms with Gasteiger partial charge in [0.2, 0.25) is 0 Å². The van der Waals surface area contributed by atoms with E-state index in [0.717, 1.165) is 13.1 Å². The highest BCUT2D eigenvalue weighted by Gasteiger charge is 2.22. The second-order valence-corrected chi connectivity index (χ2v) is 4.95. The Hall–Kier alpha value is -1.46. The Morgan fingerprint density at radius 3 is 3.05 bits per heavy atom. The van der Waals surface area contributed by atoms with Crippen molar-refractivity contribution < 1.29 is 13.9 Å². The highest BCUT2D eigenvalue weighted by Crippen LogP contribution is 2.09. The van der Waals surface area contributed by atoms with Crippen LogP contribution in [0.25, 0.3) is 0 Å². The van der Waals surface area contributed by atoms with E-state index in [1.165, 1.54) is 12.1 Å². The lowest BCUT2D eigenvalue weighted by atomic mass is 10.2. The van der Waals surface area contributed by atoms with Gasteiger partial charge in [0, 0.05) is 32.2 Å². The number of carbonyl (C=O) groups is 1. The van der Waals surface area contributed by atoms with Crippen molar-refractivity contribution in [1.29, 1.82) is 0 Å². The van der Waals surface area contributed by atoms with Gasteiger partial charge >= 0.3 is 0 Å². The lowest BCUT2D eigenvalue weighted by molar-refractivity contribution is -0.0301. The minimum atomic E-state index is -0.395. The first kappa shape index (κ1) is 14.0. The van der Waals surface area contributed by atoms with Gasteiger partial charge in [0.15, 0.2) is 0 Å². The number of benzene rings is 1. The number of ether oxygens (including phenoxy) is 1. The number of rotatable bonds is 3. The summed E-state index contributed by atoms with van der Waals surface area (Å²) in [5, 5.41) is 0. The normalized spacial score (nSPS) is 20.3. The third-order valence-electron chi connectivity index (χ3n) is 3.24. The van der Waals surface area contributed by atoms with Crippen LogP contribution in [0.3, 0.4) is 0 Å². The van der Waals surface area contributed by atoms with Gasteiger partial charge < -0.3 is 14.5 Å². The number of amides is 1. The summed E-state index contributed by atoms with van der Waals surface area (Å²) in [6.07, 6.45) is 0.0151. The molecule has 2 rings (SSSR count). The quantitative estimate of drug-likeness (QED) is 0.825. The third kappa shape index (κ3) is 3.75. The first-order chi connectivity index (χ1) is 9.06. The highest BCUT2D eigenvalue weighted by molar-refractivity contribution is 5.94. The van der Waals surface area contributed by atoms with Gasteiger partial charge in [0.05, 0.1) is 12.7 Å². The van der Waals surface area contributed by atoms with E-state index in [-0.39, 0.29) is 12.0 Å². The van der Waals surface area contributed by atoms with Crippen molar-refractivity contribution >= 4 is 5.91 Å². The first-order valence-corrected chi connectivity index (χ1v) is 6.37. The van der Waals surface area contributed by atoms with Gasteiger partial charge in [-0.3, -0.25) is 4.79 Å². The van der Waals surface area contributed by atoms with E-state index in [4.69, 9.17) is 4.74 Å². The molecule has 0 saturated carbocycles. The summed E-state index contributed by atoms with van der Waals surface area (Å²) in [6.45, 7) is 2.92. The van der Waals surface area contributed by atoms with Crippen molar-refractivity contribution in [2.75, 3.05) is 40.3 Å². The van der Waals surface area contributed by atoms with Crippen LogP contribution >= 0.6 is 0 Å². The molecule has 1 aromatic carbocycles. The SMILES string of the molecule is CN1CCOC(CN(C)C(=O)c2cccc(F)c2)C1. The Balaban J connectivity index is 1.95. The molecule has 1 unspecified atom stereocenters. The van der Waals surface area contributed by atoms with Gasteiger partial charge in [-0.05, 0) is 25.2 Å². The maximum Gasteiger partial charge on any atom is 0.253 e. The van der Waals surface area contributed by atoms with Crippen LogP contribution in [-0.4, -0.2) is 62.1 Å². The molecule has 1 amide bonds. The van der Waals surface area contributed by atoms with Crippen LogP contribution in [0.2, 0.25) is 0 Å². The average molecular weight is 266 g/mol. The summed E-state index contributed by atoms with van der Waals surface area (Å²) in [5.41, 5.74) is 0.367. The van der Waals surface area contributed by atoms with Crippen LogP contribution in [0.4, 0.5) is 4.39 Å². The Bertz CT molecular complexity index is 453. The Labute approximate surface area is 112 Å². The predicted octanol–water partition coefficient (Wildman–Crippen LogP) is 1.23. The summed E-state index contributed by atoms with van der Waals surface area (Å²) in [7, 11) is 3.75. The molecule has 4 nitrogen and oxygen atoms in total. The predicted molar refractivity (Wildman–Crippen MR) is 70.6 cm³/mol. The summed E-state index contributed by atoms with van der Waals surface area (Å²) in [5.74, 6) is -0.579. The Morgan fingerprint density at radius 1 is 1.58 bits per heavy atom.